The van der Waals surface area contributed by atoms with E-state index in [1.165, 1.54) is 11.3 Å². The number of ether oxygens (including phenoxy) is 1. The van der Waals surface area contributed by atoms with E-state index in [0.717, 1.165) is 21.3 Å². The van der Waals surface area contributed by atoms with Crippen LogP contribution in [0.4, 0.5) is 5.82 Å². The molecule has 27 heavy (non-hydrogen) atoms. The Kier molecular flexibility index (Phi) is 4.47. The topological polar surface area (TPSA) is 94.2 Å². The lowest BCUT2D eigenvalue weighted by Gasteiger charge is -2.08. The monoisotopic (exact) mass is 378 g/mol. The molecule has 0 aliphatic rings. The minimum absolute atomic E-state index is 0.393. The summed E-state index contributed by atoms with van der Waals surface area (Å²) in [6.07, 6.45) is -0.888. The van der Waals surface area contributed by atoms with Gasteiger partial charge in [-0.3, -0.25) is 0 Å². The molecule has 4 aromatic rings. The highest BCUT2D eigenvalue weighted by Gasteiger charge is 2.18. The molecule has 3 N–H and O–H groups in total. The van der Waals surface area contributed by atoms with Gasteiger partial charge in [0, 0.05) is 16.5 Å². The van der Waals surface area contributed by atoms with E-state index in [1.807, 2.05) is 37.3 Å². The number of aryl methyl sites for hydroxylation is 1. The lowest BCUT2D eigenvalue weighted by molar-refractivity contribution is 0.217. The molecule has 0 amide bonds. The Morgan fingerprint density at radius 1 is 1.07 bits per heavy atom. The molecule has 0 saturated carbocycles. The minimum atomic E-state index is -0.888. The molecule has 7 heteroatoms. The second-order valence-electron chi connectivity index (χ2n) is 6.18. The van der Waals surface area contributed by atoms with Crippen LogP contribution in [0.2, 0.25) is 0 Å². The van der Waals surface area contributed by atoms with Crippen molar-refractivity contribution in [3.63, 3.8) is 0 Å². The summed E-state index contributed by atoms with van der Waals surface area (Å²) in [7, 11) is 1.54. The van der Waals surface area contributed by atoms with Crippen LogP contribution in [0.5, 0.6) is 5.88 Å². The smallest absolute Gasteiger partial charge is 0.213 e. The molecule has 0 radical (unpaired) electrons. The zero-order chi connectivity index (χ0) is 19.0. The highest BCUT2D eigenvalue weighted by atomic mass is 32.1. The summed E-state index contributed by atoms with van der Waals surface area (Å²) in [5.74, 6) is 1.42. The van der Waals surface area contributed by atoms with Crippen molar-refractivity contribution >= 4 is 27.4 Å². The summed E-state index contributed by atoms with van der Waals surface area (Å²) in [6.45, 7) is 2.02. The second kappa shape index (κ2) is 6.94. The average molecular weight is 378 g/mol. The Morgan fingerprint density at radius 3 is 2.67 bits per heavy atom. The first-order valence-electron chi connectivity index (χ1n) is 8.38. The van der Waals surface area contributed by atoms with Crippen LogP contribution in [0.3, 0.4) is 0 Å². The molecule has 0 bridgehead atoms. The fourth-order valence-electron chi connectivity index (χ4n) is 2.85. The number of aromatic nitrogens is 3. The van der Waals surface area contributed by atoms with Crippen LogP contribution in [-0.2, 0) is 0 Å². The van der Waals surface area contributed by atoms with E-state index < -0.39 is 6.10 Å². The molecule has 0 spiro atoms. The highest BCUT2D eigenvalue weighted by molar-refractivity contribution is 7.18. The van der Waals surface area contributed by atoms with Gasteiger partial charge in [-0.15, -0.1) is 11.3 Å². The number of pyridine rings is 1. The molecule has 0 saturated heterocycles. The number of fused-ring (bicyclic) bond motifs is 1. The molecule has 4 rings (SSSR count). The summed E-state index contributed by atoms with van der Waals surface area (Å²) in [6, 6.07) is 15.1. The number of thiophene rings is 1. The molecule has 1 unspecified atom stereocenters. The van der Waals surface area contributed by atoms with Gasteiger partial charge in [-0.2, -0.15) is 0 Å². The number of nitrogens with two attached hydrogens (primary N) is 1. The third-order valence-electron chi connectivity index (χ3n) is 4.22. The predicted octanol–water partition coefficient (Wildman–Crippen LogP) is 3.73. The molecule has 0 aliphatic heterocycles. The van der Waals surface area contributed by atoms with E-state index in [2.05, 4.69) is 15.0 Å². The van der Waals surface area contributed by atoms with Crippen molar-refractivity contribution in [3.8, 4) is 17.3 Å². The van der Waals surface area contributed by atoms with Crippen molar-refractivity contribution in [2.75, 3.05) is 12.8 Å². The normalized spacial score (nSPS) is 12.3. The van der Waals surface area contributed by atoms with Crippen molar-refractivity contribution in [1.29, 1.82) is 0 Å². The van der Waals surface area contributed by atoms with E-state index in [4.69, 9.17) is 10.5 Å². The molecule has 0 aliphatic carbocycles. The molecule has 1 aromatic carbocycles. The Hall–Kier alpha value is -3.03. The van der Waals surface area contributed by atoms with Crippen LogP contribution >= 0.6 is 11.3 Å². The summed E-state index contributed by atoms with van der Waals surface area (Å²) in [5, 5.41) is 11.5. The molecule has 3 heterocycles. The molecule has 3 aromatic heterocycles. The Morgan fingerprint density at radius 2 is 1.89 bits per heavy atom. The summed E-state index contributed by atoms with van der Waals surface area (Å²) in [5.41, 5.74) is 8.71. The van der Waals surface area contributed by atoms with Gasteiger partial charge in [0.2, 0.25) is 5.88 Å². The molecular weight excluding hydrogens is 360 g/mol. The Labute approximate surface area is 160 Å². The van der Waals surface area contributed by atoms with E-state index in [1.54, 1.807) is 25.3 Å². The number of aliphatic hydroxyl groups is 1. The SMILES string of the molecule is COc1cccc(C(O)c2cc3c(N)nc(-c4cccc(C)c4)nc3s2)n1. The number of hydrogen-bond acceptors (Lipinski definition) is 7. The lowest BCUT2D eigenvalue weighted by atomic mass is 10.1. The van der Waals surface area contributed by atoms with Crippen LogP contribution in [0, 0.1) is 6.92 Å². The zero-order valence-electron chi connectivity index (χ0n) is 14.9. The van der Waals surface area contributed by atoms with Crippen molar-refractivity contribution in [1.82, 2.24) is 15.0 Å². The van der Waals surface area contributed by atoms with E-state index in [-0.39, 0.29) is 0 Å². The predicted molar refractivity (Wildman–Crippen MR) is 107 cm³/mol. The van der Waals surface area contributed by atoms with Crippen molar-refractivity contribution in [2.24, 2.45) is 0 Å². The van der Waals surface area contributed by atoms with Gasteiger partial charge in [0.1, 0.15) is 16.8 Å². The fraction of sp³-hybridized carbons (Fsp3) is 0.150. The molecule has 0 fully saturated rings. The maximum atomic E-state index is 10.7. The minimum Gasteiger partial charge on any atom is -0.481 e. The van der Waals surface area contributed by atoms with Gasteiger partial charge in [-0.1, -0.05) is 29.8 Å². The number of benzene rings is 1. The molecule has 136 valence electrons. The van der Waals surface area contributed by atoms with Crippen molar-refractivity contribution < 1.29 is 9.84 Å². The number of rotatable bonds is 4. The van der Waals surface area contributed by atoms with E-state index >= 15 is 0 Å². The summed E-state index contributed by atoms with van der Waals surface area (Å²) < 4.78 is 5.13. The number of anilines is 1. The number of nitrogens with zero attached hydrogens (tertiary/aromatic N) is 3. The van der Waals surface area contributed by atoms with Crippen LogP contribution in [0.25, 0.3) is 21.6 Å². The van der Waals surface area contributed by atoms with Crippen LogP contribution in [0.15, 0.2) is 48.5 Å². The van der Waals surface area contributed by atoms with Gasteiger partial charge in [-0.05, 0) is 25.1 Å². The Balaban J connectivity index is 1.76. The first kappa shape index (κ1) is 17.4. The number of nitrogen functional groups attached to an aromatic ring is 1. The lowest BCUT2D eigenvalue weighted by Crippen LogP contribution is -2.01. The molecular formula is C20H18N4O2S. The van der Waals surface area contributed by atoms with Crippen LogP contribution in [0.1, 0.15) is 22.2 Å². The van der Waals surface area contributed by atoms with Crippen molar-refractivity contribution in [3.05, 3.63) is 64.7 Å². The zero-order valence-corrected chi connectivity index (χ0v) is 15.7. The summed E-state index contributed by atoms with van der Waals surface area (Å²) in [4.78, 5) is 14.8. The number of hydrogen-bond donors (Lipinski definition) is 2. The van der Waals surface area contributed by atoms with Gasteiger partial charge in [0.05, 0.1) is 18.2 Å². The van der Waals surface area contributed by atoms with E-state index in [0.29, 0.717) is 28.1 Å². The summed E-state index contributed by atoms with van der Waals surface area (Å²) >= 11 is 1.38. The third kappa shape index (κ3) is 3.34. The van der Waals surface area contributed by atoms with Gasteiger partial charge in [0.15, 0.2) is 5.82 Å². The first-order chi connectivity index (χ1) is 13.0. The van der Waals surface area contributed by atoms with Crippen LogP contribution in [-0.4, -0.2) is 27.2 Å². The fourth-order valence-corrected chi connectivity index (χ4v) is 3.89. The van der Waals surface area contributed by atoms with Gasteiger partial charge in [-0.25, -0.2) is 15.0 Å². The van der Waals surface area contributed by atoms with E-state index in [9.17, 15) is 5.11 Å². The van der Waals surface area contributed by atoms with Crippen molar-refractivity contribution in [2.45, 2.75) is 13.0 Å². The van der Waals surface area contributed by atoms with Gasteiger partial charge in [0.25, 0.3) is 0 Å². The van der Waals surface area contributed by atoms with Gasteiger partial charge >= 0.3 is 0 Å². The number of aliphatic hydroxyl groups excluding tert-OH is 1. The standard InChI is InChI=1S/C20H18N4O2S/c1-11-5-3-6-12(9-11)19-23-18(21)13-10-15(27-20(13)24-19)17(25)14-7-4-8-16(22-14)26-2/h3-10,17,25H,1-2H3,(H2,21,23,24). The second-order valence-corrected chi connectivity index (χ2v) is 7.24. The van der Waals surface area contributed by atoms with Gasteiger partial charge < -0.3 is 15.6 Å². The quantitative estimate of drug-likeness (QED) is 0.562. The average Bonchev–Trinajstić information content (AvgIpc) is 3.12. The first-order valence-corrected chi connectivity index (χ1v) is 9.20. The molecule has 6 nitrogen and oxygen atoms in total. The largest absolute Gasteiger partial charge is 0.481 e. The van der Waals surface area contributed by atoms with Crippen LogP contribution < -0.4 is 10.5 Å². The highest BCUT2D eigenvalue weighted by Crippen LogP contribution is 2.35. The maximum Gasteiger partial charge on any atom is 0.213 e. The maximum absolute atomic E-state index is 10.7. The number of methoxy groups -OCH3 is 1. The third-order valence-corrected chi connectivity index (χ3v) is 5.30. The Bertz CT molecular complexity index is 1130. The molecule has 1 atom stereocenters.